The van der Waals surface area contributed by atoms with E-state index >= 15 is 0 Å². The summed E-state index contributed by atoms with van der Waals surface area (Å²) in [6.45, 7) is 2.54. The van der Waals surface area contributed by atoms with Crippen molar-refractivity contribution in [1.29, 1.82) is 0 Å². The molecule has 1 aromatic rings. The first-order chi connectivity index (χ1) is 8.60. The van der Waals surface area contributed by atoms with E-state index in [0.717, 1.165) is 12.0 Å². The molecule has 0 saturated carbocycles. The molecule has 0 aliphatic rings. The van der Waals surface area contributed by atoms with E-state index in [1.807, 2.05) is 6.92 Å². The highest BCUT2D eigenvalue weighted by Gasteiger charge is 2.19. The number of rotatable bonds is 7. The molecule has 1 atom stereocenters. The fourth-order valence-electron chi connectivity index (χ4n) is 1.68. The molecule has 0 heterocycles. The smallest absolute Gasteiger partial charge is 0.170 e. The molecule has 0 aliphatic carbocycles. The van der Waals surface area contributed by atoms with Gasteiger partial charge in [0, 0.05) is 12.4 Å². The number of hydrogen-bond acceptors (Lipinski definition) is 4. The summed E-state index contributed by atoms with van der Waals surface area (Å²) in [5.74, 6) is 0.0373. The Balaban J connectivity index is 3.04. The third-order valence-corrected chi connectivity index (χ3v) is 2.53. The summed E-state index contributed by atoms with van der Waals surface area (Å²) in [4.78, 5) is 10.6. The highest BCUT2D eigenvalue weighted by atomic mass is 16.5. The van der Waals surface area contributed by atoms with Gasteiger partial charge in [-0.15, -0.1) is 0 Å². The van der Waals surface area contributed by atoms with Gasteiger partial charge in [-0.3, -0.25) is 0 Å². The highest BCUT2D eigenvalue weighted by molar-refractivity contribution is 5.65. The van der Waals surface area contributed by atoms with E-state index in [1.54, 1.807) is 25.3 Å². The Morgan fingerprint density at radius 2 is 2.22 bits per heavy atom. The minimum absolute atomic E-state index is 0.143. The van der Waals surface area contributed by atoms with Gasteiger partial charge in [0.1, 0.15) is 6.04 Å². The first-order valence-electron chi connectivity index (χ1n) is 5.92. The molecule has 18 heavy (non-hydrogen) atoms. The number of aliphatic carboxylic acids is 1. The van der Waals surface area contributed by atoms with Gasteiger partial charge in [0.25, 0.3) is 0 Å². The van der Waals surface area contributed by atoms with Gasteiger partial charge in [-0.25, -0.2) is 0 Å². The molecule has 0 unspecified atom stereocenters. The highest BCUT2D eigenvalue weighted by Crippen LogP contribution is 2.34. The number of quaternary nitrogens is 1. The molecule has 1 rings (SSSR count). The molecule has 100 valence electrons. The number of methoxy groups -OCH3 is 1. The van der Waals surface area contributed by atoms with Crippen LogP contribution in [0.2, 0.25) is 0 Å². The third-order valence-electron chi connectivity index (χ3n) is 2.53. The van der Waals surface area contributed by atoms with Crippen molar-refractivity contribution in [3.63, 3.8) is 0 Å². The molecule has 0 aliphatic heterocycles. The van der Waals surface area contributed by atoms with Crippen LogP contribution in [0.3, 0.4) is 0 Å². The van der Waals surface area contributed by atoms with Gasteiger partial charge in [0.2, 0.25) is 0 Å². The minimum atomic E-state index is -1.13. The summed E-state index contributed by atoms with van der Waals surface area (Å²) in [5.41, 5.74) is 4.56. The standard InChI is InChI=1S/C13H19NO4/c1-3-7-18-13-9(10(14)8-12(15)16)5-4-6-11(13)17-2/h4-6,10H,3,7-8,14H2,1-2H3,(H,15,16)/t10-/m1/s1. The van der Waals surface area contributed by atoms with E-state index in [0.29, 0.717) is 18.1 Å². The number of carboxylic acid groups (broad SMARTS) is 1. The zero-order chi connectivity index (χ0) is 13.5. The van der Waals surface area contributed by atoms with E-state index in [9.17, 15) is 9.90 Å². The molecule has 0 amide bonds. The Bertz CT molecular complexity index is 406. The van der Waals surface area contributed by atoms with E-state index in [4.69, 9.17) is 9.47 Å². The topological polar surface area (TPSA) is 86.2 Å². The molecule has 0 saturated heterocycles. The van der Waals surface area contributed by atoms with Crippen molar-refractivity contribution < 1.29 is 25.1 Å². The molecule has 1 aromatic carbocycles. The van der Waals surface area contributed by atoms with Crippen molar-refractivity contribution in [2.45, 2.75) is 25.8 Å². The van der Waals surface area contributed by atoms with E-state index in [2.05, 4.69) is 5.73 Å². The average molecular weight is 253 g/mol. The lowest BCUT2D eigenvalue weighted by molar-refractivity contribution is -0.430. The van der Waals surface area contributed by atoms with Crippen LogP contribution in [0.15, 0.2) is 18.2 Å². The van der Waals surface area contributed by atoms with Gasteiger partial charge in [-0.05, 0) is 18.6 Å². The van der Waals surface area contributed by atoms with Crippen LogP contribution in [-0.4, -0.2) is 19.7 Å². The van der Waals surface area contributed by atoms with Crippen LogP contribution in [0, 0.1) is 0 Å². The van der Waals surface area contributed by atoms with Gasteiger partial charge in [-0.1, -0.05) is 13.0 Å². The Labute approximate surface area is 107 Å². The summed E-state index contributed by atoms with van der Waals surface area (Å²) < 4.78 is 10.9. The lowest BCUT2D eigenvalue weighted by atomic mass is 10.0. The van der Waals surface area contributed by atoms with Crippen LogP contribution in [-0.2, 0) is 4.79 Å². The minimum Gasteiger partial charge on any atom is -0.550 e. The van der Waals surface area contributed by atoms with Crippen molar-refractivity contribution >= 4 is 5.97 Å². The van der Waals surface area contributed by atoms with Gasteiger partial charge < -0.3 is 25.1 Å². The molecule has 5 nitrogen and oxygen atoms in total. The van der Waals surface area contributed by atoms with Crippen molar-refractivity contribution in [1.82, 2.24) is 0 Å². The fourth-order valence-corrected chi connectivity index (χ4v) is 1.68. The Kier molecular flexibility index (Phi) is 5.45. The fraction of sp³-hybridized carbons (Fsp3) is 0.462. The summed E-state index contributed by atoms with van der Waals surface area (Å²) in [7, 11) is 1.55. The summed E-state index contributed by atoms with van der Waals surface area (Å²) in [6, 6.07) is 4.95. The van der Waals surface area contributed by atoms with Crippen molar-refractivity contribution in [3.8, 4) is 11.5 Å². The monoisotopic (exact) mass is 253 g/mol. The molecule has 0 bridgehead atoms. The van der Waals surface area contributed by atoms with E-state index in [-0.39, 0.29) is 6.42 Å². The van der Waals surface area contributed by atoms with Crippen LogP contribution in [0.25, 0.3) is 0 Å². The number of carboxylic acids is 1. The second-order valence-corrected chi connectivity index (χ2v) is 4.00. The lowest BCUT2D eigenvalue weighted by Gasteiger charge is -2.17. The molecule has 0 aromatic heterocycles. The summed E-state index contributed by atoms with van der Waals surface area (Å²) >= 11 is 0. The maximum atomic E-state index is 10.6. The molecular formula is C13H19NO4. The molecular weight excluding hydrogens is 234 g/mol. The van der Waals surface area contributed by atoms with Crippen molar-refractivity contribution in [2.24, 2.45) is 0 Å². The molecule has 5 heteroatoms. The first-order valence-corrected chi connectivity index (χ1v) is 5.92. The predicted octanol–water partition coefficient (Wildman–Crippen LogP) is -0.0930. The van der Waals surface area contributed by atoms with E-state index < -0.39 is 12.0 Å². The zero-order valence-corrected chi connectivity index (χ0v) is 10.8. The van der Waals surface area contributed by atoms with Crippen LogP contribution in [0.5, 0.6) is 11.5 Å². The number of carbonyl (C=O) groups excluding carboxylic acids is 1. The van der Waals surface area contributed by atoms with Gasteiger partial charge >= 0.3 is 0 Å². The van der Waals surface area contributed by atoms with Crippen LogP contribution in [0.1, 0.15) is 31.4 Å². The van der Waals surface area contributed by atoms with Crippen LogP contribution in [0.4, 0.5) is 0 Å². The summed E-state index contributed by atoms with van der Waals surface area (Å²) in [5, 5.41) is 10.6. The maximum absolute atomic E-state index is 10.6. The summed E-state index contributed by atoms with van der Waals surface area (Å²) in [6.07, 6.45) is 0.718. The van der Waals surface area contributed by atoms with Crippen LogP contribution < -0.4 is 20.3 Å². The predicted molar refractivity (Wildman–Crippen MR) is 64.0 cm³/mol. The SMILES string of the molecule is CCCOc1c(OC)cccc1[C@H]([NH3+])CC(=O)[O-]. The Morgan fingerprint density at radius 3 is 2.78 bits per heavy atom. The second kappa shape index (κ2) is 6.86. The number of hydrogen-bond donors (Lipinski definition) is 1. The number of ether oxygens (including phenoxy) is 2. The largest absolute Gasteiger partial charge is 0.550 e. The second-order valence-electron chi connectivity index (χ2n) is 4.00. The number of carbonyl (C=O) groups is 1. The first kappa shape index (κ1) is 14.3. The van der Waals surface area contributed by atoms with Crippen molar-refractivity contribution in [2.75, 3.05) is 13.7 Å². The number of para-hydroxylation sites is 1. The van der Waals surface area contributed by atoms with E-state index in [1.165, 1.54) is 0 Å². The van der Waals surface area contributed by atoms with Gasteiger partial charge in [-0.2, -0.15) is 0 Å². The zero-order valence-electron chi connectivity index (χ0n) is 10.8. The van der Waals surface area contributed by atoms with Crippen LogP contribution >= 0.6 is 0 Å². The van der Waals surface area contributed by atoms with Gasteiger partial charge in [0.05, 0.1) is 19.3 Å². The van der Waals surface area contributed by atoms with Gasteiger partial charge in [0.15, 0.2) is 11.5 Å². The Hall–Kier alpha value is -1.75. The molecule has 3 N–H and O–H groups in total. The normalized spacial score (nSPS) is 11.9. The average Bonchev–Trinajstić information content (AvgIpc) is 2.34. The third kappa shape index (κ3) is 3.63. The lowest BCUT2D eigenvalue weighted by Crippen LogP contribution is -2.55. The maximum Gasteiger partial charge on any atom is 0.170 e. The number of benzene rings is 1. The molecule has 0 fully saturated rings. The Morgan fingerprint density at radius 1 is 1.50 bits per heavy atom. The molecule has 0 spiro atoms. The quantitative estimate of drug-likeness (QED) is 0.735. The van der Waals surface area contributed by atoms with Crippen molar-refractivity contribution in [3.05, 3.63) is 23.8 Å². The molecule has 0 radical (unpaired) electrons.